The molecule has 1 saturated heterocycles. The van der Waals surface area contributed by atoms with Crippen LogP contribution in [0.25, 0.3) is 0 Å². The van der Waals surface area contributed by atoms with Crippen molar-refractivity contribution in [2.45, 2.75) is 65.1 Å². The van der Waals surface area contributed by atoms with E-state index in [1.807, 2.05) is 27.7 Å². The van der Waals surface area contributed by atoms with Crippen LogP contribution in [0.5, 0.6) is 0 Å². The minimum Gasteiger partial charge on any atom is -0.450 e. The van der Waals surface area contributed by atoms with Crippen LogP contribution in [-0.4, -0.2) is 54.2 Å². The van der Waals surface area contributed by atoms with E-state index in [0.717, 1.165) is 19.4 Å². The van der Waals surface area contributed by atoms with Crippen LogP contribution >= 0.6 is 0 Å². The lowest BCUT2D eigenvalue weighted by Crippen LogP contribution is -2.56. The van der Waals surface area contributed by atoms with E-state index >= 15 is 0 Å². The number of piperidine rings is 1. The van der Waals surface area contributed by atoms with Crippen molar-refractivity contribution >= 4 is 12.0 Å². The van der Waals surface area contributed by atoms with Gasteiger partial charge >= 0.3 is 6.09 Å². The highest BCUT2D eigenvalue weighted by Crippen LogP contribution is 2.14. The lowest BCUT2D eigenvalue weighted by atomic mass is 10.0. The zero-order valence-corrected chi connectivity index (χ0v) is 13.9. The van der Waals surface area contributed by atoms with E-state index in [4.69, 9.17) is 4.74 Å². The first-order valence-corrected chi connectivity index (χ1v) is 7.72. The van der Waals surface area contributed by atoms with Gasteiger partial charge in [-0.15, -0.1) is 0 Å². The van der Waals surface area contributed by atoms with Crippen molar-refractivity contribution in [3.8, 4) is 0 Å². The van der Waals surface area contributed by atoms with Crippen LogP contribution in [-0.2, 0) is 9.53 Å². The monoisotopic (exact) mass is 299 g/mol. The molecule has 0 radical (unpaired) electrons. The number of carbonyl (C=O) groups excluding carboxylic acids is 2. The molecule has 0 unspecified atom stereocenters. The molecule has 2 atom stereocenters. The van der Waals surface area contributed by atoms with Crippen LogP contribution in [0.3, 0.4) is 0 Å². The van der Waals surface area contributed by atoms with Crippen LogP contribution in [0, 0.1) is 0 Å². The van der Waals surface area contributed by atoms with Gasteiger partial charge in [-0.25, -0.2) is 4.79 Å². The smallest absolute Gasteiger partial charge is 0.407 e. The molecule has 1 aliphatic rings. The van der Waals surface area contributed by atoms with E-state index in [0.29, 0.717) is 13.2 Å². The molecule has 0 aromatic heterocycles. The fraction of sp³-hybridized carbons (Fsp3) is 0.867. The van der Waals surface area contributed by atoms with Crippen molar-refractivity contribution in [3.05, 3.63) is 0 Å². The Morgan fingerprint density at radius 2 is 2.05 bits per heavy atom. The second-order valence-electron chi connectivity index (χ2n) is 6.61. The summed E-state index contributed by atoms with van der Waals surface area (Å²) in [6, 6.07) is -0.154. The fourth-order valence-corrected chi connectivity index (χ4v) is 2.46. The summed E-state index contributed by atoms with van der Waals surface area (Å²) in [5.41, 5.74) is -0.232. The summed E-state index contributed by atoms with van der Waals surface area (Å²) >= 11 is 0. The Bertz CT molecular complexity index is 366. The van der Waals surface area contributed by atoms with Gasteiger partial charge in [-0.05, 0) is 54.0 Å². The average molecular weight is 299 g/mol. The second kappa shape index (κ2) is 7.64. The molecule has 122 valence electrons. The zero-order chi connectivity index (χ0) is 16.0. The van der Waals surface area contributed by atoms with Gasteiger partial charge in [0, 0.05) is 18.1 Å². The van der Waals surface area contributed by atoms with Gasteiger partial charge in [0.1, 0.15) is 0 Å². The summed E-state index contributed by atoms with van der Waals surface area (Å²) in [4.78, 5) is 25.8. The zero-order valence-electron chi connectivity index (χ0n) is 13.9. The molecule has 1 rings (SSSR count). The maximum absolute atomic E-state index is 12.2. The Morgan fingerprint density at radius 1 is 1.38 bits per heavy atom. The van der Waals surface area contributed by atoms with Crippen molar-refractivity contribution in [1.29, 1.82) is 0 Å². The number of hydrogen-bond donors (Lipinski definition) is 2. The molecule has 1 heterocycles. The molecular weight excluding hydrogens is 270 g/mol. The fourth-order valence-electron chi connectivity index (χ4n) is 2.46. The predicted octanol–water partition coefficient (Wildman–Crippen LogP) is 1.50. The molecule has 0 saturated carbocycles. The van der Waals surface area contributed by atoms with Gasteiger partial charge in [0.05, 0.1) is 12.6 Å². The Kier molecular flexibility index (Phi) is 6.45. The van der Waals surface area contributed by atoms with Gasteiger partial charge in [0.2, 0.25) is 5.91 Å². The van der Waals surface area contributed by atoms with Crippen molar-refractivity contribution < 1.29 is 14.3 Å². The molecule has 21 heavy (non-hydrogen) atoms. The number of rotatable bonds is 4. The summed E-state index contributed by atoms with van der Waals surface area (Å²) in [6.07, 6.45) is 1.50. The van der Waals surface area contributed by atoms with Crippen LogP contribution in [0.2, 0.25) is 0 Å². The lowest BCUT2D eigenvalue weighted by molar-refractivity contribution is -0.127. The third-order valence-corrected chi connectivity index (χ3v) is 3.48. The summed E-state index contributed by atoms with van der Waals surface area (Å²) < 4.78 is 4.91. The average Bonchev–Trinajstić information content (AvgIpc) is 2.36. The number of alkyl carbamates (subject to hydrolysis) is 1. The third kappa shape index (κ3) is 6.33. The summed E-state index contributed by atoms with van der Waals surface area (Å²) in [6.45, 7) is 11.5. The van der Waals surface area contributed by atoms with Crippen molar-refractivity contribution in [2.75, 3.05) is 19.7 Å². The van der Waals surface area contributed by atoms with E-state index in [2.05, 4.69) is 15.5 Å². The molecule has 2 amide bonds. The van der Waals surface area contributed by atoms with E-state index < -0.39 is 0 Å². The number of nitrogens with zero attached hydrogens (tertiary/aromatic N) is 1. The van der Waals surface area contributed by atoms with Gasteiger partial charge in [0.25, 0.3) is 0 Å². The normalized spacial score (nSPS) is 21.5. The Balaban J connectivity index is 2.51. The Morgan fingerprint density at radius 3 is 2.62 bits per heavy atom. The molecule has 0 aromatic rings. The minimum absolute atomic E-state index is 0.0271. The van der Waals surface area contributed by atoms with Crippen LogP contribution in [0.4, 0.5) is 4.79 Å². The first kappa shape index (κ1) is 17.8. The largest absolute Gasteiger partial charge is 0.450 e. The maximum Gasteiger partial charge on any atom is 0.407 e. The van der Waals surface area contributed by atoms with E-state index in [9.17, 15) is 9.59 Å². The SMILES string of the molecule is CCOC(=O)N[C@H]1CCCN([C@H](C)C(=O)NC(C)(C)C)C1. The highest BCUT2D eigenvalue weighted by molar-refractivity contribution is 5.82. The van der Waals surface area contributed by atoms with Crippen LogP contribution in [0.1, 0.15) is 47.5 Å². The second-order valence-corrected chi connectivity index (χ2v) is 6.61. The molecular formula is C15H29N3O3. The Labute approximate surface area is 127 Å². The summed E-state index contributed by atoms with van der Waals surface area (Å²) in [5.74, 6) is 0.0271. The number of nitrogens with one attached hydrogen (secondary N) is 2. The number of amides is 2. The number of likely N-dealkylation sites (tertiary alicyclic amines) is 1. The maximum atomic E-state index is 12.2. The molecule has 1 fully saturated rings. The van der Waals surface area contributed by atoms with Crippen LogP contribution < -0.4 is 10.6 Å². The van der Waals surface area contributed by atoms with Gasteiger partial charge in [-0.1, -0.05) is 0 Å². The minimum atomic E-state index is -0.379. The highest BCUT2D eigenvalue weighted by atomic mass is 16.5. The van der Waals surface area contributed by atoms with Crippen molar-refractivity contribution in [2.24, 2.45) is 0 Å². The Hall–Kier alpha value is -1.30. The van der Waals surface area contributed by atoms with Gasteiger partial charge in [0.15, 0.2) is 0 Å². The first-order valence-electron chi connectivity index (χ1n) is 7.72. The summed E-state index contributed by atoms with van der Waals surface area (Å²) in [7, 11) is 0. The quantitative estimate of drug-likeness (QED) is 0.825. The van der Waals surface area contributed by atoms with E-state index in [-0.39, 0.29) is 29.6 Å². The molecule has 1 aliphatic heterocycles. The van der Waals surface area contributed by atoms with Crippen molar-refractivity contribution in [1.82, 2.24) is 15.5 Å². The van der Waals surface area contributed by atoms with E-state index in [1.54, 1.807) is 6.92 Å². The third-order valence-electron chi connectivity index (χ3n) is 3.48. The molecule has 6 heteroatoms. The number of hydrogen-bond acceptors (Lipinski definition) is 4. The molecule has 6 nitrogen and oxygen atoms in total. The molecule has 0 aromatic carbocycles. The number of carbonyl (C=O) groups is 2. The standard InChI is InChI=1S/C15H29N3O3/c1-6-21-14(20)16-12-8-7-9-18(10-12)11(2)13(19)17-15(3,4)5/h11-12H,6-10H2,1-5H3,(H,16,20)(H,17,19)/t11-,12+/m1/s1. The predicted molar refractivity (Wildman–Crippen MR) is 82.1 cm³/mol. The van der Waals surface area contributed by atoms with Crippen LogP contribution in [0.15, 0.2) is 0 Å². The van der Waals surface area contributed by atoms with Crippen molar-refractivity contribution in [3.63, 3.8) is 0 Å². The highest BCUT2D eigenvalue weighted by Gasteiger charge is 2.29. The van der Waals surface area contributed by atoms with Gasteiger partial charge < -0.3 is 15.4 Å². The topological polar surface area (TPSA) is 70.7 Å². The molecule has 0 bridgehead atoms. The molecule has 0 aliphatic carbocycles. The van der Waals surface area contributed by atoms with Gasteiger partial charge in [-0.2, -0.15) is 0 Å². The van der Waals surface area contributed by atoms with Gasteiger partial charge in [-0.3, -0.25) is 9.69 Å². The molecule has 0 spiro atoms. The molecule has 2 N–H and O–H groups in total. The van der Waals surface area contributed by atoms with E-state index in [1.165, 1.54) is 0 Å². The lowest BCUT2D eigenvalue weighted by Gasteiger charge is -2.37. The number of ether oxygens (including phenoxy) is 1. The first-order chi connectivity index (χ1) is 9.73. The summed E-state index contributed by atoms with van der Waals surface area (Å²) in [5, 5.41) is 5.86.